The summed E-state index contributed by atoms with van der Waals surface area (Å²) in [6, 6.07) is 12.1. The van der Waals surface area contributed by atoms with Gasteiger partial charge in [-0.2, -0.15) is 18.3 Å². The third kappa shape index (κ3) is 4.35. The van der Waals surface area contributed by atoms with Crippen molar-refractivity contribution >= 4 is 35.4 Å². The highest BCUT2D eigenvalue weighted by molar-refractivity contribution is 6.36. The normalized spacial score (nSPS) is 11.8. The number of aromatic nitrogens is 2. The Labute approximate surface area is 166 Å². The highest BCUT2D eigenvalue weighted by Crippen LogP contribution is 2.34. The third-order valence-electron chi connectivity index (χ3n) is 3.55. The molecule has 0 aliphatic rings. The van der Waals surface area contributed by atoms with Crippen molar-refractivity contribution in [3.05, 3.63) is 81.6 Å². The minimum Gasteiger partial charge on any atom is -0.313 e. The van der Waals surface area contributed by atoms with Crippen molar-refractivity contribution in [2.75, 3.05) is 0 Å². The zero-order valence-corrected chi connectivity index (χ0v) is 15.3. The Bertz CT molecular complexity index is 1030. The first-order valence-corrected chi connectivity index (χ1v) is 8.43. The molecule has 5 nitrogen and oxygen atoms in total. The van der Waals surface area contributed by atoms with E-state index in [0.29, 0.717) is 15.3 Å². The van der Waals surface area contributed by atoms with Gasteiger partial charge in [-0.3, -0.25) is 0 Å². The molecule has 1 heterocycles. The first kappa shape index (κ1) is 19.9. The molecule has 3 aromatic rings. The van der Waals surface area contributed by atoms with Crippen molar-refractivity contribution in [3.8, 4) is 5.69 Å². The van der Waals surface area contributed by atoms with Crippen molar-refractivity contribution in [1.29, 1.82) is 0 Å². The number of para-hydroxylation sites is 1. The van der Waals surface area contributed by atoms with E-state index < -0.39 is 23.4 Å². The number of hydrogen-bond donors (Lipinski definition) is 0. The van der Waals surface area contributed by atoms with E-state index in [1.165, 1.54) is 30.3 Å². The molecule has 0 aliphatic carbocycles. The maximum Gasteiger partial charge on any atom is 0.434 e. The number of benzene rings is 2. The van der Waals surface area contributed by atoms with Crippen LogP contribution in [0, 0.1) is 0 Å². The highest BCUT2D eigenvalue weighted by Gasteiger charge is 2.41. The minimum absolute atomic E-state index is 0.144. The molecule has 0 saturated heterocycles. The summed E-state index contributed by atoms with van der Waals surface area (Å²) in [5.74, 6) is -1.31. The number of carbonyl (C=O) groups is 1. The molecule has 0 saturated carbocycles. The fraction of sp³-hybridized carbons (Fsp3) is 0.0556. The topological polar surface area (TPSA) is 56.5 Å². The molecule has 28 heavy (non-hydrogen) atoms. The Morgan fingerprint density at radius 2 is 1.86 bits per heavy atom. The van der Waals surface area contributed by atoms with Gasteiger partial charge in [0.15, 0.2) is 5.69 Å². The fourth-order valence-electron chi connectivity index (χ4n) is 2.32. The Morgan fingerprint density at radius 1 is 1.14 bits per heavy atom. The van der Waals surface area contributed by atoms with E-state index in [0.717, 1.165) is 12.4 Å². The van der Waals surface area contributed by atoms with Crippen LogP contribution in [0.25, 0.3) is 5.69 Å². The molecule has 0 fully saturated rings. The molecule has 1 aromatic heterocycles. The van der Waals surface area contributed by atoms with Crippen molar-refractivity contribution in [2.24, 2.45) is 5.16 Å². The van der Waals surface area contributed by atoms with Gasteiger partial charge >= 0.3 is 12.1 Å². The molecule has 0 aliphatic heterocycles. The van der Waals surface area contributed by atoms with E-state index in [2.05, 4.69) is 15.1 Å². The van der Waals surface area contributed by atoms with Crippen molar-refractivity contribution in [2.45, 2.75) is 6.18 Å². The van der Waals surface area contributed by atoms with E-state index in [9.17, 15) is 18.0 Å². The van der Waals surface area contributed by atoms with Crippen LogP contribution < -0.4 is 0 Å². The Balaban J connectivity index is 1.88. The highest BCUT2D eigenvalue weighted by atomic mass is 35.5. The molecule has 144 valence electrons. The quantitative estimate of drug-likeness (QED) is 0.318. The Kier molecular flexibility index (Phi) is 5.71. The van der Waals surface area contributed by atoms with Gasteiger partial charge in [0.05, 0.1) is 23.1 Å². The molecule has 2 aromatic carbocycles. The second-order valence-electron chi connectivity index (χ2n) is 5.43. The number of oxime groups is 1. The minimum atomic E-state index is -4.84. The zero-order chi connectivity index (χ0) is 20.3. The summed E-state index contributed by atoms with van der Waals surface area (Å²) >= 11 is 11.7. The number of nitrogens with zero attached hydrogens (tertiary/aromatic N) is 3. The average molecular weight is 428 g/mol. The first-order chi connectivity index (χ1) is 13.3. The van der Waals surface area contributed by atoms with Crippen molar-refractivity contribution in [1.82, 2.24) is 9.78 Å². The molecule has 0 unspecified atom stereocenters. The Hall–Kier alpha value is -2.84. The lowest BCUT2D eigenvalue weighted by atomic mass is 10.2. The molecule has 10 heteroatoms. The molecule has 0 radical (unpaired) electrons. The van der Waals surface area contributed by atoms with E-state index in [-0.39, 0.29) is 10.7 Å². The molecule has 0 bridgehead atoms. The van der Waals surface area contributed by atoms with Crippen LogP contribution in [0.1, 0.15) is 21.6 Å². The van der Waals surface area contributed by atoms with Gasteiger partial charge in [-0.05, 0) is 24.3 Å². The van der Waals surface area contributed by atoms with Gasteiger partial charge < -0.3 is 4.84 Å². The number of carbonyl (C=O) groups excluding carboxylic acids is 1. The van der Waals surface area contributed by atoms with Gasteiger partial charge in [-0.15, -0.1) is 0 Å². The summed E-state index contributed by atoms with van der Waals surface area (Å²) in [6.45, 7) is 0. The van der Waals surface area contributed by atoms with Crippen LogP contribution in [0.5, 0.6) is 0 Å². The molecule has 0 N–H and O–H groups in total. The van der Waals surface area contributed by atoms with Gasteiger partial charge in [-0.1, -0.05) is 52.6 Å². The number of halogens is 5. The number of rotatable bonds is 4. The molecular weight excluding hydrogens is 418 g/mol. The molecule has 0 spiro atoms. The summed E-state index contributed by atoms with van der Waals surface area (Å²) in [5, 5.41) is 7.71. The van der Waals surface area contributed by atoms with Crippen LogP contribution in [0.15, 0.2) is 59.9 Å². The predicted molar refractivity (Wildman–Crippen MR) is 98.0 cm³/mol. The zero-order valence-electron chi connectivity index (χ0n) is 13.8. The lowest BCUT2D eigenvalue weighted by Crippen LogP contribution is -2.17. The largest absolute Gasteiger partial charge is 0.434 e. The fourth-order valence-corrected chi connectivity index (χ4v) is 2.78. The standard InChI is InChI=1S/C18H10Cl2F3N3O2/c19-12-7-6-11(15(20)8-12)9-25-28-17(27)14-10-24-26(16(14)18(21,22)23)13-4-2-1-3-5-13/h1-10H/b25-9-. The number of hydrogen-bond acceptors (Lipinski definition) is 4. The smallest absolute Gasteiger partial charge is 0.313 e. The maximum atomic E-state index is 13.5. The number of alkyl halides is 3. The van der Waals surface area contributed by atoms with Crippen LogP contribution in [-0.2, 0) is 11.0 Å². The predicted octanol–water partition coefficient (Wildman–Crippen LogP) is 5.39. The molecule has 0 amide bonds. The second kappa shape index (κ2) is 8.04. The summed E-state index contributed by atoms with van der Waals surface area (Å²) in [4.78, 5) is 16.7. The monoisotopic (exact) mass is 427 g/mol. The van der Waals surface area contributed by atoms with Crippen LogP contribution >= 0.6 is 23.2 Å². The van der Waals surface area contributed by atoms with E-state index in [1.807, 2.05) is 0 Å². The lowest BCUT2D eigenvalue weighted by molar-refractivity contribution is -0.143. The Morgan fingerprint density at radius 3 is 2.50 bits per heavy atom. The second-order valence-corrected chi connectivity index (χ2v) is 6.27. The van der Waals surface area contributed by atoms with Crippen LogP contribution in [-0.4, -0.2) is 22.0 Å². The van der Waals surface area contributed by atoms with Crippen LogP contribution in [0.3, 0.4) is 0 Å². The van der Waals surface area contributed by atoms with Gasteiger partial charge in [0, 0.05) is 10.6 Å². The lowest BCUT2D eigenvalue weighted by Gasteiger charge is -2.11. The summed E-state index contributed by atoms with van der Waals surface area (Å²) in [7, 11) is 0. The van der Waals surface area contributed by atoms with E-state index in [1.54, 1.807) is 18.2 Å². The van der Waals surface area contributed by atoms with Gasteiger partial charge in [0.1, 0.15) is 5.56 Å². The van der Waals surface area contributed by atoms with Crippen LogP contribution in [0.4, 0.5) is 13.2 Å². The molecule has 0 atom stereocenters. The van der Waals surface area contributed by atoms with E-state index in [4.69, 9.17) is 23.2 Å². The summed E-state index contributed by atoms with van der Waals surface area (Å²) in [5.41, 5.74) is -1.51. The molecule has 3 rings (SSSR count). The summed E-state index contributed by atoms with van der Waals surface area (Å²) < 4.78 is 41.2. The van der Waals surface area contributed by atoms with Crippen molar-refractivity contribution < 1.29 is 22.8 Å². The SMILES string of the molecule is O=C(O/N=C\c1ccc(Cl)cc1Cl)c1cnn(-c2ccccc2)c1C(F)(F)F. The van der Waals surface area contributed by atoms with Gasteiger partial charge in [-0.25, -0.2) is 9.48 Å². The molecular formula is C18H10Cl2F3N3O2. The van der Waals surface area contributed by atoms with Gasteiger partial charge in [0.2, 0.25) is 0 Å². The maximum absolute atomic E-state index is 13.5. The third-order valence-corrected chi connectivity index (χ3v) is 4.11. The average Bonchev–Trinajstić information content (AvgIpc) is 3.10. The van der Waals surface area contributed by atoms with E-state index >= 15 is 0 Å². The van der Waals surface area contributed by atoms with Crippen molar-refractivity contribution in [3.63, 3.8) is 0 Å². The summed E-state index contributed by atoms with van der Waals surface area (Å²) in [6.07, 6.45) is -2.97. The van der Waals surface area contributed by atoms with Crippen LogP contribution in [0.2, 0.25) is 10.0 Å². The van der Waals surface area contributed by atoms with Gasteiger partial charge in [0.25, 0.3) is 0 Å². The first-order valence-electron chi connectivity index (χ1n) is 7.68.